The van der Waals surface area contributed by atoms with Gasteiger partial charge in [-0.15, -0.1) is 0 Å². The maximum absolute atomic E-state index is 5.62. The molecule has 92 valence electrons. The van der Waals surface area contributed by atoms with E-state index in [1.165, 1.54) is 31.4 Å². The van der Waals surface area contributed by atoms with Crippen molar-refractivity contribution in [1.29, 1.82) is 0 Å². The molecular formula is C11H28O2Si2. The minimum absolute atomic E-state index is 0.208. The third-order valence-corrected chi connectivity index (χ3v) is 5.57. The van der Waals surface area contributed by atoms with Crippen LogP contribution >= 0.6 is 0 Å². The molecule has 0 amide bonds. The van der Waals surface area contributed by atoms with Crippen LogP contribution in [0, 0.1) is 0 Å². The van der Waals surface area contributed by atoms with Crippen LogP contribution in [0.5, 0.6) is 0 Å². The summed E-state index contributed by atoms with van der Waals surface area (Å²) in [6.07, 6.45) is 5.01. The molecule has 0 rings (SSSR count). The Hall–Kier alpha value is 0.354. The second-order valence-electron chi connectivity index (χ2n) is 4.61. The topological polar surface area (TPSA) is 18.5 Å². The zero-order valence-corrected chi connectivity index (χ0v) is 13.7. The van der Waals surface area contributed by atoms with Crippen LogP contribution < -0.4 is 0 Å². The lowest BCUT2D eigenvalue weighted by Gasteiger charge is -2.07. The van der Waals surface area contributed by atoms with Gasteiger partial charge >= 0.3 is 0 Å². The van der Waals surface area contributed by atoms with Gasteiger partial charge in [0, 0.05) is 12.2 Å². The summed E-state index contributed by atoms with van der Waals surface area (Å²) < 4.78 is 11.2. The van der Waals surface area contributed by atoms with Gasteiger partial charge in [-0.05, 0) is 39.8 Å². The summed E-state index contributed by atoms with van der Waals surface area (Å²) in [6, 6.07) is 2.70. The Morgan fingerprint density at radius 1 is 0.733 bits per heavy atom. The Morgan fingerprint density at radius 2 is 1.13 bits per heavy atom. The van der Waals surface area contributed by atoms with Crippen molar-refractivity contribution in [1.82, 2.24) is 0 Å². The molecule has 15 heavy (non-hydrogen) atoms. The molecule has 4 heteroatoms. The Kier molecular flexibility index (Phi) is 11.1. The van der Waals surface area contributed by atoms with Gasteiger partial charge in [0.25, 0.3) is 0 Å². The Morgan fingerprint density at radius 3 is 1.47 bits per heavy atom. The van der Waals surface area contributed by atoms with Crippen molar-refractivity contribution in [2.75, 3.05) is 0 Å². The first kappa shape index (κ1) is 15.4. The van der Waals surface area contributed by atoms with Gasteiger partial charge in [0.15, 0.2) is 19.5 Å². The Labute approximate surface area is 100 Å². The lowest BCUT2D eigenvalue weighted by molar-refractivity contribution is 0.254. The fourth-order valence-corrected chi connectivity index (χ4v) is 3.76. The van der Waals surface area contributed by atoms with E-state index in [-0.39, 0.29) is 19.5 Å². The fraction of sp³-hybridized carbons (Fsp3) is 1.00. The Balaban J connectivity index is 2.93. The molecule has 0 atom stereocenters. The number of rotatable bonds is 10. The van der Waals surface area contributed by atoms with Crippen LogP contribution in [-0.4, -0.2) is 31.7 Å². The van der Waals surface area contributed by atoms with Crippen molar-refractivity contribution >= 4 is 19.5 Å². The number of unbranched alkanes of at least 4 members (excludes halogenated alkanes) is 2. The normalized spacial score (nSPS) is 13.2. The molecule has 0 aromatic heterocycles. The molecule has 0 N–H and O–H groups in total. The second kappa shape index (κ2) is 10.9. The van der Waals surface area contributed by atoms with E-state index in [9.17, 15) is 0 Å². The summed E-state index contributed by atoms with van der Waals surface area (Å²) >= 11 is 0. The number of hydrogen-bond donors (Lipinski definition) is 0. The maximum atomic E-state index is 5.62. The average Bonchev–Trinajstić information content (AvgIpc) is 2.14. The molecule has 0 saturated carbocycles. The standard InChI is InChI=1S/C11H28O2Si2/c1-10(2)12-14-8-6-5-7-9-15-13-11(3)4/h10-11H,5-9,14-15H2,1-4H3. The minimum atomic E-state index is -0.208. The summed E-state index contributed by atoms with van der Waals surface area (Å²) in [5.74, 6) is 0. The highest BCUT2D eigenvalue weighted by Crippen LogP contribution is 2.04. The molecule has 0 heterocycles. The summed E-state index contributed by atoms with van der Waals surface area (Å²) in [5.41, 5.74) is 0. The molecule has 0 aromatic rings. The summed E-state index contributed by atoms with van der Waals surface area (Å²) in [7, 11) is -0.417. The summed E-state index contributed by atoms with van der Waals surface area (Å²) in [5, 5.41) is 0. The first-order valence-electron chi connectivity index (χ1n) is 6.36. The van der Waals surface area contributed by atoms with Crippen LogP contribution in [0.3, 0.4) is 0 Å². The first-order valence-corrected chi connectivity index (χ1v) is 9.51. The molecule has 0 bridgehead atoms. The van der Waals surface area contributed by atoms with Crippen molar-refractivity contribution in [3.63, 3.8) is 0 Å². The molecule has 0 aliphatic heterocycles. The van der Waals surface area contributed by atoms with E-state index in [2.05, 4.69) is 27.7 Å². The fourth-order valence-electron chi connectivity index (χ4n) is 1.37. The van der Waals surface area contributed by atoms with Gasteiger partial charge < -0.3 is 8.85 Å². The molecule has 0 aliphatic rings. The van der Waals surface area contributed by atoms with Crippen molar-refractivity contribution < 1.29 is 8.85 Å². The molecule has 0 fully saturated rings. The lowest BCUT2D eigenvalue weighted by atomic mass is 10.3. The lowest BCUT2D eigenvalue weighted by Crippen LogP contribution is -2.07. The molecule has 0 unspecified atom stereocenters. The highest BCUT2D eigenvalue weighted by molar-refractivity contribution is 6.27. The zero-order valence-electron chi connectivity index (χ0n) is 10.9. The van der Waals surface area contributed by atoms with Crippen LogP contribution in [0.25, 0.3) is 0 Å². The smallest absolute Gasteiger partial charge is 0.161 e. The zero-order chi connectivity index (χ0) is 11.5. The van der Waals surface area contributed by atoms with E-state index >= 15 is 0 Å². The van der Waals surface area contributed by atoms with Crippen molar-refractivity contribution in [2.24, 2.45) is 0 Å². The molecule has 0 aliphatic carbocycles. The second-order valence-corrected chi connectivity index (χ2v) is 7.50. The maximum Gasteiger partial charge on any atom is 0.161 e. The summed E-state index contributed by atoms with van der Waals surface area (Å²) in [4.78, 5) is 0. The molecule has 2 nitrogen and oxygen atoms in total. The predicted molar refractivity (Wildman–Crippen MR) is 73.0 cm³/mol. The van der Waals surface area contributed by atoms with Crippen LogP contribution in [0.1, 0.15) is 47.0 Å². The Bertz CT molecular complexity index is 116. The van der Waals surface area contributed by atoms with Gasteiger partial charge in [0.05, 0.1) is 0 Å². The van der Waals surface area contributed by atoms with Crippen LogP contribution in [0.4, 0.5) is 0 Å². The van der Waals surface area contributed by atoms with Crippen LogP contribution in [0.2, 0.25) is 12.1 Å². The van der Waals surface area contributed by atoms with E-state index in [0.717, 1.165) is 0 Å². The van der Waals surface area contributed by atoms with Crippen LogP contribution in [-0.2, 0) is 8.85 Å². The quantitative estimate of drug-likeness (QED) is 0.435. The van der Waals surface area contributed by atoms with E-state index < -0.39 is 0 Å². The van der Waals surface area contributed by atoms with E-state index in [4.69, 9.17) is 8.85 Å². The van der Waals surface area contributed by atoms with Gasteiger partial charge in [-0.3, -0.25) is 0 Å². The molecule has 0 spiro atoms. The van der Waals surface area contributed by atoms with Gasteiger partial charge in [-0.25, -0.2) is 0 Å². The summed E-state index contributed by atoms with van der Waals surface area (Å²) in [6.45, 7) is 8.51. The van der Waals surface area contributed by atoms with Gasteiger partial charge in [-0.1, -0.05) is 19.3 Å². The third kappa shape index (κ3) is 14.4. The SMILES string of the molecule is CC(C)O[SiH2]CCCCC[SiH2]OC(C)C. The molecular weight excluding hydrogens is 220 g/mol. The number of hydrogen-bond acceptors (Lipinski definition) is 2. The van der Waals surface area contributed by atoms with E-state index in [0.29, 0.717) is 12.2 Å². The van der Waals surface area contributed by atoms with Gasteiger partial charge in [0.1, 0.15) is 0 Å². The highest BCUT2D eigenvalue weighted by Gasteiger charge is 1.96. The average molecular weight is 249 g/mol. The highest BCUT2D eigenvalue weighted by atomic mass is 28.2. The van der Waals surface area contributed by atoms with Gasteiger partial charge in [0.2, 0.25) is 0 Å². The minimum Gasteiger partial charge on any atom is -0.422 e. The van der Waals surface area contributed by atoms with Gasteiger partial charge in [-0.2, -0.15) is 0 Å². The molecule has 0 saturated heterocycles. The van der Waals surface area contributed by atoms with Crippen molar-refractivity contribution in [3.05, 3.63) is 0 Å². The van der Waals surface area contributed by atoms with Crippen LogP contribution in [0.15, 0.2) is 0 Å². The van der Waals surface area contributed by atoms with Crippen molar-refractivity contribution in [3.8, 4) is 0 Å². The molecule has 0 radical (unpaired) electrons. The molecule has 0 aromatic carbocycles. The largest absolute Gasteiger partial charge is 0.422 e. The first-order chi connectivity index (χ1) is 7.13. The van der Waals surface area contributed by atoms with E-state index in [1.807, 2.05) is 0 Å². The monoisotopic (exact) mass is 248 g/mol. The predicted octanol–water partition coefficient (Wildman–Crippen LogP) is 2.01. The third-order valence-electron chi connectivity index (χ3n) is 2.19. The van der Waals surface area contributed by atoms with E-state index in [1.54, 1.807) is 0 Å². The van der Waals surface area contributed by atoms with Crippen molar-refractivity contribution in [2.45, 2.75) is 71.3 Å².